The van der Waals surface area contributed by atoms with Crippen molar-refractivity contribution >= 4 is 40.1 Å². The summed E-state index contributed by atoms with van der Waals surface area (Å²) >= 11 is 2.93. The summed E-state index contributed by atoms with van der Waals surface area (Å²) in [7, 11) is 0. The van der Waals surface area contributed by atoms with Gasteiger partial charge in [-0.2, -0.15) is 0 Å². The minimum absolute atomic E-state index is 0.154. The summed E-state index contributed by atoms with van der Waals surface area (Å²) in [6.07, 6.45) is 0. The van der Waals surface area contributed by atoms with Gasteiger partial charge in [-0.3, -0.25) is 9.59 Å². The van der Waals surface area contributed by atoms with Gasteiger partial charge in [-0.25, -0.2) is 5.01 Å². The molecular formula is C11H13N3O2S2. The molecule has 2 amide bonds. The zero-order valence-corrected chi connectivity index (χ0v) is 11.9. The normalized spacial score (nSPS) is 22.8. The molecule has 18 heavy (non-hydrogen) atoms. The summed E-state index contributed by atoms with van der Waals surface area (Å²) in [5, 5.41) is 10.6. The smallest absolute Gasteiger partial charge is 0.241 e. The SMILES string of the molecule is CC(=O)NC1=NN(C(C)=O)[C@](C)(c2cccs2)S1. The fourth-order valence-corrected chi connectivity index (χ4v) is 3.86. The average Bonchev–Trinajstić information content (AvgIpc) is 2.85. The van der Waals surface area contributed by atoms with Crippen molar-refractivity contribution in [1.29, 1.82) is 0 Å². The highest BCUT2D eigenvalue weighted by Crippen LogP contribution is 2.46. The number of rotatable bonds is 1. The van der Waals surface area contributed by atoms with E-state index < -0.39 is 4.87 Å². The zero-order valence-electron chi connectivity index (χ0n) is 10.3. The van der Waals surface area contributed by atoms with E-state index in [1.807, 2.05) is 24.4 Å². The van der Waals surface area contributed by atoms with E-state index in [0.29, 0.717) is 5.17 Å². The summed E-state index contributed by atoms with van der Waals surface area (Å²) in [4.78, 5) is 23.2. The Balaban J connectivity index is 2.33. The van der Waals surface area contributed by atoms with Crippen LogP contribution in [0.5, 0.6) is 0 Å². The Kier molecular flexibility index (Phi) is 3.45. The van der Waals surface area contributed by atoms with E-state index in [9.17, 15) is 9.59 Å². The van der Waals surface area contributed by atoms with E-state index in [-0.39, 0.29) is 11.8 Å². The fraction of sp³-hybridized carbons (Fsp3) is 0.364. The molecule has 2 heterocycles. The first-order chi connectivity index (χ1) is 8.43. The first-order valence-corrected chi connectivity index (χ1v) is 7.03. The molecule has 0 unspecified atom stereocenters. The summed E-state index contributed by atoms with van der Waals surface area (Å²) in [5.74, 6) is -0.348. The van der Waals surface area contributed by atoms with Gasteiger partial charge in [0.1, 0.15) is 0 Å². The van der Waals surface area contributed by atoms with E-state index in [1.54, 1.807) is 11.3 Å². The zero-order chi connectivity index (χ0) is 13.3. The molecule has 0 saturated heterocycles. The van der Waals surface area contributed by atoms with Crippen LogP contribution in [0.3, 0.4) is 0 Å². The molecule has 0 saturated carbocycles. The van der Waals surface area contributed by atoms with Crippen LogP contribution in [0.1, 0.15) is 25.6 Å². The standard InChI is InChI=1S/C11H13N3O2S2/c1-7(15)12-10-13-14(8(2)16)11(3,18-10)9-5-4-6-17-9/h4-6H,1-3H3,(H,12,13,15)/t11-/m0/s1. The van der Waals surface area contributed by atoms with Crippen LogP contribution in [0.25, 0.3) is 0 Å². The number of nitrogens with one attached hydrogen (secondary N) is 1. The average molecular weight is 283 g/mol. The Hall–Kier alpha value is -1.34. The molecule has 0 aromatic carbocycles. The van der Waals surface area contributed by atoms with Gasteiger partial charge in [0.05, 0.1) is 0 Å². The molecule has 1 atom stereocenters. The predicted molar refractivity (Wildman–Crippen MR) is 73.0 cm³/mol. The van der Waals surface area contributed by atoms with Crippen LogP contribution < -0.4 is 5.32 Å². The van der Waals surface area contributed by atoms with E-state index in [1.165, 1.54) is 30.6 Å². The lowest BCUT2D eigenvalue weighted by Gasteiger charge is -2.29. The lowest BCUT2D eigenvalue weighted by molar-refractivity contribution is -0.131. The fourth-order valence-electron chi connectivity index (χ4n) is 1.71. The van der Waals surface area contributed by atoms with Crippen molar-refractivity contribution in [3.05, 3.63) is 22.4 Å². The third-order valence-corrected chi connectivity index (χ3v) is 4.83. The van der Waals surface area contributed by atoms with Gasteiger partial charge in [0.15, 0.2) is 10.0 Å². The summed E-state index contributed by atoms with van der Waals surface area (Å²) in [6, 6.07) is 3.89. The largest absolute Gasteiger partial charge is 0.304 e. The summed E-state index contributed by atoms with van der Waals surface area (Å²) in [5.41, 5.74) is 0. The third kappa shape index (κ3) is 2.28. The van der Waals surface area contributed by atoms with Crippen LogP contribution in [0.4, 0.5) is 0 Å². The first-order valence-electron chi connectivity index (χ1n) is 5.33. The molecule has 0 spiro atoms. The van der Waals surface area contributed by atoms with Crippen LogP contribution in [-0.2, 0) is 14.5 Å². The van der Waals surface area contributed by atoms with Gasteiger partial charge in [0, 0.05) is 18.7 Å². The maximum Gasteiger partial charge on any atom is 0.241 e. The lowest BCUT2D eigenvalue weighted by Crippen LogP contribution is -2.36. The summed E-state index contributed by atoms with van der Waals surface area (Å²) in [6.45, 7) is 4.80. The molecule has 0 radical (unpaired) electrons. The second-order valence-electron chi connectivity index (χ2n) is 3.98. The molecule has 7 heteroatoms. The Bertz CT molecular complexity index is 512. The monoisotopic (exact) mass is 283 g/mol. The molecule has 0 bridgehead atoms. The van der Waals surface area contributed by atoms with E-state index in [4.69, 9.17) is 0 Å². The van der Waals surface area contributed by atoms with Crippen molar-refractivity contribution in [1.82, 2.24) is 10.3 Å². The third-order valence-electron chi connectivity index (χ3n) is 2.45. The van der Waals surface area contributed by atoms with Crippen LogP contribution in [-0.4, -0.2) is 22.0 Å². The van der Waals surface area contributed by atoms with Crippen molar-refractivity contribution < 1.29 is 9.59 Å². The van der Waals surface area contributed by atoms with Gasteiger partial charge in [0.25, 0.3) is 0 Å². The summed E-state index contributed by atoms with van der Waals surface area (Å²) < 4.78 is 0. The van der Waals surface area contributed by atoms with Crippen molar-refractivity contribution in [2.75, 3.05) is 0 Å². The number of hydrazone groups is 1. The Morgan fingerprint density at radius 1 is 1.44 bits per heavy atom. The van der Waals surface area contributed by atoms with Crippen LogP contribution in [0.2, 0.25) is 0 Å². The van der Waals surface area contributed by atoms with Gasteiger partial charge < -0.3 is 5.32 Å². The van der Waals surface area contributed by atoms with Crippen LogP contribution >= 0.6 is 23.1 Å². The van der Waals surface area contributed by atoms with Gasteiger partial charge in [-0.15, -0.1) is 16.4 Å². The van der Waals surface area contributed by atoms with Crippen molar-refractivity contribution in [3.8, 4) is 0 Å². The minimum Gasteiger partial charge on any atom is -0.304 e. The number of hydrogen-bond acceptors (Lipinski definition) is 5. The van der Waals surface area contributed by atoms with Gasteiger partial charge in [0.2, 0.25) is 11.8 Å². The highest BCUT2D eigenvalue weighted by Gasteiger charge is 2.44. The van der Waals surface area contributed by atoms with E-state index in [0.717, 1.165) is 4.88 Å². The second-order valence-corrected chi connectivity index (χ2v) is 6.31. The van der Waals surface area contributed by atoms with Crippen molar-refractivity contribution in [2.45, 2.75) is 25.6 Å². The number of nitrogens with zero attached hydrogens (tertiary/aromatic N) is 2. The molecule has 0 aliphatic carbocycles. The Labute approximate surface area is 113 Å². The number of hydrogen-bond donors (Lipinski definition) is 1. The molecule has 96 valence electrons. The predicted octanol–water partition coefficient (Wildman–Crippen LogP) is 1.92. The Morgan fingerprint density at radius 2 is 2.17 bits per heavy atom. The molecule has 1 aliphatic rings. The minimum atomic E-state index is -0.586. The highest BCUT2D eigenvalue weighted by molar-refractivity contribution is 8.14. The maximum absolute atomic E-state index is 11.7. The molecule has 1 aromatic rings. The van der Waals surface area contributed by atoms with Crippen molar-refractivity contribution in [3.63, 3.8) is 0 Å². The van der Waals surface area contributed by atoms with E-state index >= 15 is 0 Å². The molecule has 2 rings (SSSR count). The van der Waals surface area contributed by atoms with Crippen LogP contribution in [0, 0.1) is 0 Å². The Morgan fingerprint density at radius 3 is 2.67 bits per heavy atom. The number of amidine groups is 1. The lowest BCUT2D eigenvalue weighted by atomic mass is 10.2. The van der Waals surface area contributed by atoms with Gasteiger partial charge in [-0.1, -0.05) is 17.8 Å². The van der Waals surface area contributed by atoms with Gasteiger partial charge in [-0.05, 0) is 18.4 Å². The molecule has 1 N–H and O–H groups in total. The number of carbonyl (C=O) groups excluding carboxylic acids is 2. The molecule has 1 aromatic heterocycles. The second kappa shape index (κ2) is 4.74. The highest BCUT2D eigenvalue weighted by atomic mass is 32.2. The molecule has 5 nitrogen and oxygen atoms in total. The number of amides is 2. The van der Waals surface area contributed by atoms with E-state index in [2.05, 4.69) is 10.4 Å². The molecular weight excluding hydrogens is 270 g/mol. The van der Waals surface area contributed by atoms with Crippen molar-refractivity contribution in [2.24, 2.45) is 5.10 Å². The maximum atomic E-state index is 11.7. The number of thiophene rings is 1. The number of thioether (sulfide) groups is 1. The number of carbonyl (C=O) groups is 2. The molecule has 0 fully saturated rings. The van der Waals surface area contributed by atoms with Gasteiger partial charge >= 0.3 is 0 Å². The topological polar surface area (TPSA) is 61.8 Å². The molecule has 1 aliphatic heterocycles. The quantitative estimate of drug-likeness (QED) is 0.856. The van der Waals surface area contributed by atoms with Crippen LogP contribution in [0.15, 0.2) is 22.6 Å². The first kappa shape index (κ1) is 13.1.